The molecule has 1 N–H and O–H groups in total. The minimum absolute atomic E-state index is 0.0652. The van der Waals surface area contributed by atoms with Gasteiger partial charge in [-0.15, -0.1) is 0 Å². The van der Waals surface area contributed by atoms with Crippen LogP contribution >= 0.6 is 0 Å². The molecule has 1 saturated heterocycles. The third-order valence-electron chi connectivity index (χ3n) is 2.68. The molecule has 4 heteroatoms. The lowest BCUT2D eigenvalue weighted by atomic mass is 10.1. The van der Waals surface area contributed by atoms with Gasteiger partial charge in [-0.1, -0.05) is 18.2 Å². The lowest BCUT2D eigenvalue weighted by Crippen LogP contribution is -2.38. The van der Waals surface area contributed by atoms with Crippen molar-refractivity contribution in [3.05, 3.63) is 29.8 Å². The molecule has 0 amide bonds. The maximum atomic E-state index is 11.2. The fourth-order valence-electron chi connectivity index (χ4n) is 1.83. The second-order valence-electron chi connectivity index (χ2n) is 3.62. The standard InChI is InChI=1S/C11H15NO2S/c13-9-10-3-1-2-4-11(10)12-5-7-15(14)8-6-12/h1-4,13H,5-9H2. The van der Waals surface area contributed by atoms with E-state index in [-0.39, 0.29) is 6.61 Å². The first-order valence-corrected chi connectivity index (χ1v) is 6.59. The van der Waals surface area contributed by atoms with E-state index in [0.29, 0.717) is 0 Å². The molecule has 0 bridgehead atoms. The third kappa shape index (κ3) is 2.38. The summed E-state index contributed by atoms with van der Waals surface area (Å²) in [6.07, 6.45) is 0. The highest BCUT2D eigenvalue weighted by Gasteiger charge is 2.17. The average Bonchev–Trinajstić information content (AvgIpc) is 2.30. The predicted octanol–water partition coefficient (Wildman–Crippen LogP) is 0.748. The number of anilines is 1. The van der Waals surface area contributed by atoms with E-state index in [2.05, 4.69) is 4.90 Å². The van der Waals surface area contributed by atoms with Crippen LogP contribution in [0.3, 0.4) is 0 Å². The van der Waals surface area contributed by atoms with Crippen molar-refractivity contribution >= 4 is 16.5 Å². The zero-order valence-corrected chi connectivity index (χ0v) is 9.37. The Hall–Kier alpha value is -0.870. The van der Waals surface area contributed by atoms with Crippen LogP contribution in [0.1, 0.15) is 5.56 Å². The minimum Gasteiger partial charge on any atom is -0.392 e. The first-order valence-electron chi connectivity index (χ1n) is 5.10. The topological polar surface area (TPSA) is 40.5 Å². The molecule has 0 aromatic heterocycles. The molecule has 1 aromatic rings. The van der Waals surface area contributed by atoms with Gasteiger partial charge in [-0.25, -0.2) is 0 Å². The number of aliphatic hydroxyl groups is 1. The minimum atomic E-state index is -0.647. The molecule has 0 radical (unpaired) electrons. The van der Waals surface area contributed by atoms with Crippen molar-refractivity contribution < 1.29 is 9.32 Å². The van der Waals surface area contributed by atoms with Gasteiger partial charge in [0, 0.05) is 46.6 Å². The number of hydrogen-bond acceptors (Lipinski definition) is 3. The van der Waals surface area contributed by atoms with E-state index in [9.17, 15) is 9.32 Å². The summed E-state index contributed by atoms with van der Waals surface area (Å²) in [7, 11) is -0.647. The third-order valence-corrected chi connectivity index (χ3v) is 3.96. The van der Waals surface area contributed by atoms with Gasteiger partial charge in [0.05, 0.1) is 6.61 Å². The number of benzene rings is 1. The van der Waals surface area contributed by atoms with Crippen LogP contribution in [0.15, 0.2) is 24.3 Å². The summed E-state index contributed by atoms with van der Waals surface area (Å²) in [4.78, 5) is 2.20. The Morgan fingerprint density at radius 3 is 2.60 bits per heavy atom. The molecule has 82 valence electrons. The number of rotatable bonds is 2. The molecule has 1 aromatic carbocycles. The molecule has 1 fully saturated rings. The van der Waals surface area contributed by atoms with Crippen LogP contribution in [0, 0.1) is 0 Å². The van der Waals surface area contributed by atoms with Gasteiger partial charge < -0.3 is 10.0 Å². The highest BCUT2D eigenvalue weighted by atomic mass is 32.2. The van der Waals surface area contributed by atoms with Crippen molar-refractivity contribution in [2.75, 3.05) is 29.5 Å². The summed E-state index contributed by atoms with van der Waals surface area (Å²) < 4.78 is 11.2. The molecule has 0 spiro atoms. The number of hydrogen-bond donors (Lipinski definition) is 1. The van der Waals surface area contributed by atoms with Crippen LogP contribution in [0.2, 0.25) is 0 Å². The normalized spacial score (nSPS) is 18.1. The molecular weight excluding hydrogens is 210 g/mol. The second-order valence-corrected chi connectivity index (χ2v) is 5.32. The van der Waals surface area contributed by atoms with Crippen LogP contribution in [0.4, 0.5) is 5.69 Å². The second kappa shape index (κ2) is 4.77. The molecule has 2 rings (SSSR count). The van der Waals surface area contributed by atoms with E-state index in [0.717, 1.165) is 35.8 Å². The fraction of sp³-hybridized carbons (Fsp3) is 0.455. The summed E-state index contributed by atoms with van der Waals surface area (Å²) in [6, 6.07) is 7.85. The Balaban J connectivity index is 2.18. The Labute approximate surface area is 92.2 Å². The number of nitrogens with zero attached hydrogens (tertiary/aromatic N) is 1. The Morgan fingerprint density at radius 2 is 1.93 bits per heavy atom. The van der Waals surface area contributed by atoms with E-state index in [1.165, 1.54) is 0 Å². The van der Waals surface area contributed by atoms with Crippen molar-refractivity contribution in [1.82, 2.24) is 0 Å². The van der Waals surface area contributed by atoms with Gasteiger partial charge in [0.1, 0.15) is 0 Å². The summed E-state index contributed by atoms with van der Waals surface area (Å²) in [5.41, 5.74) is 2.03. The summed E-state index contributed by atoms with van der Waals surface area (Å²) in [6.45, 7) is 1.71. The van der Waals surface area contributed by atoms with E-state index in [1.807, 2.05) is 24.3 Å². The van der Waals surface area contributed by atoms with Crippen LogP contribution in [-0.2, 0) is 17.4 Å². The van der Waals surface area contributed by atoms with Gasteiger partial charge in [0.15, 0.2) is 0 Å². The number of aliphatic hydroxyl groups excluding tert-OH is 1. The van der Waals surface area contributed by atoms with Gasteiger partial charge >= 0.3 is 0 Å². The average molecular weight is 225 g/mol. The molecule has 1 aliphatic heterocycles. The lowest BCUT2D eigenvalue weighted by molar-refractivity contribution is 0.282. The first kappa shape index (κ1) is 10.6. The van der Waals surface area contributed by atoms with Gasteiger partial charge in [0.2, 0.25) is 0 Å². The Morgan fingerprint density at radius 1 is 1.27 bits per heavy atom. The van der Waals surface area contributed by atoms with Crippen LogP contribution in [0.25, 0.3) is 0 Å². The zero-order valence-electron chi connectivity index (χ0n) is 8.56. The van der Waals surface area contributed by atoms with Crippen molar-refractivity contribution in [3.8, 4) is 0 Å². The van der Waals surface area contributed by atoms with E-state index in [4.69, 9.17) is 0 Å². The van der Waals surface area contributed by atoms with Gasteiger partial charge in [-0.05, 0) is 6.07 Å². The highest BCUT2D eigenvalue weighted by Crippen LogP contribution is 2.21. The van der Waals surface area contributed by atoms with Crippen LogP contribution in [-0.4, -0.2) is 33.9 Å². The van der Waals surface area contributed by atoms with E-state index < -0.39 is 10.8 Å². The van der Waals surface area contributed by atoms with Crippen molar-refractivity contribution in [2.45, 2.75) is 6.61 Å². The molecule has 1 aliphatic rings. The fourth-order valence-corrected chi connectivity index (χ4v) is 2.88. The molecule has 15 heavy (non-hydrogen) atoms. The molecule has 0 atom stereocenters. The maximum Gasteiger partial charge on any atom is 0.0702 e. The van der Waals surface area contributed by atoms with Crippen molar-refractivity contribution in [2.24, 2.45) is 0 Å². The van der Waals surface area contributed by atoms with Crippen molar-refractivity contribution in [1.29, 1.82) is 0 Å². The summed E-state index contributed by atoms with van der Waals surface area (Å²) in [5.74, 6) is 1.47. The quantitative estimate of drug-likeness (QED) is 0.807. The maximum absolute atomic E-state index is 11.2. The van der Waals surface area contributed by atoms with Gasteiger partial charge in [-0.2, -0.15) is 0 Å². The molecule has 1 heterocycles. The Bertz CT molecular complexity index is 357. The molecule has 0 unspecified atom stereocenters. The van der Waals surface area contributed by atoms with E-state index in [1.54, 1.807) is 0 Å². The monoisotopic (exact) mass is 225 g/mol. The summed E-state index contributed by atoms with van der Waals surface area (Å²) in [5, 5.41) is 9.21. The van der Waals surface area contributed by atoms with Gasteiger partial charge in [0.25, 0.3) is 0 Å². The SMILES string of the molecule is O=S1CCN(c2ccccc2CO)CC1. The molecule has 0 saturated carbocycles. The zero-order chi connectivity index (χ0) is 10.7. The van der Waals surface area contributed by atoms with E-state index >= 15 is 0 Å². The smallest absolute Gasteiger partial charge is 0.0702 e. The summed E-state index contributed by atoms with van der Waals surface area (Å²) >= 11 is 0. The highest BCUT2D eigenvalue weighted by molar-refractivity contribution is 7.85. The van der Waals surface area contributed by atoms with Crippen molar-refractivity contribution in [3.63, 3.8) is 0 Å². The van der Waals surface area contributed by atoms with Gasteiger partial charge in [-0.3, -0.25) is 4.21 Å². The molecule has 0 aliphatic carbocycles. The first-order chi connectivity index (χ1) is 7.31. The largest absolute Gasteiger partial charge is 0.392 e. The molecular formula is C11H15NO2S. The lowest BCUT2D eigenvalue weighted by Gasteiger charge is -2.29. The van der Waals surface area contributed by atoms with Crippen LogP contribution < -0.4 is 4.90 Å². The predicted molar refractivity (Wildman–Crippen MR) is 62.5 cm³/mol. The number of para-hydroxylation sites is 1. The van der Waals surface area contributed by atoms with Crippen LogP contribution in [0.5, 0.6) is 0 Å². The Kier molecular flexibility index (Phi) is 3.38. The molecule has 3 nitrogen and oxygen atoms in total.